The number of hydrogen-bond acceptors (Lipinski definition) is 9. The SMILES string of the molecule is CC(C)(C)c1ccc2c(c1)B1c3cc4c(cc3Oc3cc(C#N)cc(c31)O2)Oc1cc(C#N)cc2c1B4c1cc3c(cc1O2)Oc1cc(C#N)cc2c1B3c1cc(C(C)(C)C)ccc1O2. The van der Waals surface area contributed by atoms with Crippen molar-refractivity contribution in [2.45, 2.75) is 52.4 Å². The van der Waals surface area contributed by atoms with Crippen molar-refractivity contribution in [3.63, 3.8) is 0 Å². The van der Waals surface area contributed by atoms with Crippen LogP contribution in [0.1, 0.15) is 69.4 Å². The third-order valence-electron chi connectivity index (χ3n) is 13.8. The first-order valence-electron chi connectivity index (χ1n) is 21.7. The standard InChI is InChI=1S/C53H34B3N3O6/c1-52(2,3)29-7-9-37-31(17-29)54-33-19-35-41(21-39(33)62-45-13-26(23-57)11-43(60-37)49(45)54)64-47-15-28(25-59)16-48-51(47)56(35)36-20-34-40(22-42(36)65-48)63-46-14-27(24-58)12-44-50(46)55(34)32-18-30(53(4,5)6)8-10-38(32)61-44/h7-22H,1-6H3. The van der Waals surface area contributed by atoms with E-state index in [2.05, 4.69) is 96.1 Å². The molecule has 6 aliphatic heterocycles. The Bertz CT molecular complexity index is 3330. The van der Waals surface area contributed by atoms with E-state index in [4.69, 9.17) is 28.4 Å². The van der Waals surface area contributed by atoms with E-state index in [9.17, 15) is 15.8 Å². The molecule has 7 aromatic rings. The zero-order valence-corrected chi connectivity index (χ0v) is 36.3. The van der Waals surface area contributed by atoms with E-state index >= 15 is 0 Å². The van der Waals surface area contributed by atoms with Crippen LogP contribution in [-0.2, 0) is 10.8 Å². The van der Waals surface area contributed by atoms with Gasteiger partial charge in [-0.25, -0.2) is 0 Å². The highest BCUT2D eigenvalue weighted by atomic mass is 16.5. The van der Waals surface area contributed by atoms with Gasteiger partial charge in [0.2, 0.25) is 0 Å². The molecule has 0 amide bonds. The Morgan fingerprint density at radius 1 is 0.323 bits per heavy atom. The van der Waals surface area contributed by atoms with E-state index in [1.165, 1.54) is 11.1 Å². The Balaban J connectivity index is 1.05. The summed E-state index contributed by atoms with van der Waals surface area (Å²) in [5, 5.41) is 30.3. The Morgan fingerprint density at radius 3 is 0.846 bits per heavy atom. The highest BCUT2D eigenvalue weighted by Crippen LogP contribution is 2.43. The quantitative estimate of drug-likeness (QED) is 0.167. The van der Waals surface area contributed by atoms with E-state index < -0.39 is 0 Å². The van der Waals surface area contributed by atoms with E-state index in [0.29, 0.717) is 74.2 Å². The minimum atomic E-state index is -0.389. The largest absolute Gasteiger partial charge is 0.458 e. The Hall–Kier alpha value is -8.00. The van der Waals surface area contributed by atoms with Crippen LogP contribution in [-0.4, -0.2) is 20.1 Å². The molecule has 306 valence electrons. The van der Waals surface area contributed by atoms with Gasteiger partial charge < -0.3 is 28.4 Å². The predicted molar refractivity (Wildman–Crippen MR) is 251 cm³/mol. The molecule has 0 aromatic heterocycles. The normalized spacial score (nSPS) is 14.3. The van der Waals surface area contributed by atoms with Gasteiger partial charge in [-0.15, -0.1) is 0 Å². The molecule has 0 atom stereocenters. The lowest BCUT2D eigenvalue weighted by atomic mass is 9.30. The monoisotopic (exact) mass is 841 g/mol. The lowest BCUT2D eigenvalue weighted by Crippen LogP contribution is -2.63. The van der Waals surface area contributed by atoms with E-state index in [1.807, 2.05) is 24.3 Å². The van der Waals surface area contributed by atoms with Gasteiger partial charge in [0.1, 0.15) is 69.0 Å². The highest BCUT2D eigenvalue weighted by Gasteiger charge is 2.48. The number of fused-ring (bicyclic) bond motifs is 12. The van der Waals surface area contributed by atoms with Gasteiger partial charge in [0.25, 0.3) is 20.1 Å². The minimum Gasteiger partial charge on any atom is -0.458 e. The Morgan fingerprint density at radius 2 is 0.585 bits per heavy atom. The second kappa shape index (κ2) is 12.6. The molecule has 0 bridgehead atoms. The summed E-state index contributed by atoms with van der Waals surface area (Å²) in [5.41, 5.74) is 11.6. The number of ether oxygens (including phenoxy) is 6. The van der Waals surface area contributed by atoms with Gasteiger partial charge in [-0.2, -0.15) is 15.8 Å². The molecule has 0 N–H and O–H groups in total. The number of nitriles is 3. The van der Waals surface area contributed by atoms with Gasteiger partial charge in [0.15, 0.2) is 0 Å². The van der Waals surface area contributed by atoms with Crippen LogP contribution >= 0.6 is 0 Å². The van der Waals surface area contributed by atoms with Crippen LogP contribution in [0.4, 0.5) is 0 Å². The van der Waals surface area contributed by atoms with Gasteiger partial charge in [0, 0.05) is 28.5 Å². The second-order valence-electron chi connectivity index (χ2n) is 19.8. The lowest BCUT2D eigenvalue weighted by molar-refractivity contribution is 0.448. The fourth-order valence-corrected chi connectivity index (χ4v) is 10.6. The summed E-state index contributed by atoms with van der Waals surface area (Å²) >= 11 is 0. The maximum absolute atomic E-state index is 10.2. The van der Waals surface area contributed by atoms with E-state index in [-0.39, 0.29) is 31.0 Å². The first kappa shape index (κ1) is 37.5. The molecule has 0 saturated carbocycles. The summed E-state index contributed by atoms with van der Waals surface area (Å²) in [5.74, 6) is 7.19. The van der Waals surface area contributed by atoms with Crippen LogP contribution in [0.25, 0.3) is 0 Å². The molecule has 0 saturated heterocycles. The Kier molecular flexibility index (Phi) is 7.27. The molecular weight excluding hydrogens is 807 g/mol. The third-order valence-corrected chi connectivity index (χ3v) is 13.8. The molecule has 12 heteroatoms. The Labute approximate surface area is 376 Å². The van der Waals surface area contributed by atoms with Crippen molar-refractivity contribution in [1.29, 1.82) is 15.8 Å². The van der Waals surface area contributed by atoms with Gasteiger partial charge in [-0.05, 0) is 103 Å². The number of rotatable bonds is 0. The average Bonchev–Trinajstić information content (AvgIpc) is 3.28. The van der Waals surface area contributed by atoms with Crippen molar-refractivity contribution < 1.29 is 28.4 Å². The predicted octanol–water partition coefficient (Wildman–Crippen LogP) is 6.08. The summed E-state index contributed by atoms with van der Waals surface area (Å²) in [7, 11) is 0. The molecule has 0 unspecified atom stereocenters. The lowest BCUT2D eigenvalue weighted by Gasteiger charge is -2.38. The fraction of sp³-hybridized carbons (Fsp3) is 0.151. The summed E-state index contributed by atoms with van der Waals surface area (Å²) in [6, 6.07) is 38.6. The fourth-order valence-electron chi connectivity index (χ4n) is 10.6. The molecule has 65 heavy (non-hydrogen) atoms. The van der Waals surface area contributed by atoms with Crippen molar-refractivity contribution in [2.24, 2.45) is 0 Å². The summed E-state index contributed by atoms with van der Waals surface area (Å²) in [6.07, 6.45) is 0. The highest BCUT2D eigenvalue weighted by molar-refractivity contribution is 7.02. The summed E-state index contributed by atoms with van der Waals surface area (Å²) in [6.45, 7) is 12.3. The van der Waals surface area contributed by atoms with Crippen molar-refractivity contribution in [3.05, 3.63) is 125 Å². The van der Waals surface area contributed by atoms with Crippen LogP contribution in [0.5, 0.6) is 69.0 Å². The molecule has 0 radical (unpaired) electrons. The molecule has 6 heterocycles. The summed E-state index contributed by atoms with van der Waals surface area (Å²) in [4.78, 5) is 0. The molecule has 0 fully saturated rings. The molecule has 7 aromatic carbocycles. The van der Waals surface area contributed by atoms with Gasteiger partial charge in [0.05, 0.1) is 34.9 Å². The third kappa shape index (κ3) is 5.27. The maximum atomic E-state index is 10.2. The van der Waals surface area contributed by atoms with Crippen LogP contribution in [0.2, 0.25) is 0 Å². The molecule has 9 nitrogen and oxygen atoms in total. The maximum Gasteiger partial charge on any atom is 0.260 e. The van der Waals surface area contributed by atoms with E-state index in [0.717, 1.165) is 60.7 Å². The van der Waals surface area contributed by atoms with Gasteiger partial charge in [-0.3, -0.25) is 0 Å². The molecular formula is C53H34B3N3O6. The van der Waals surface area contributed by atoms with Crippen molar-refractivity contribution in [3.8, 4) is 87.2 Å². The molecule has 0 spiro atoms. The minimum absolute atomic E-state index is 0.129. The average molecular weight is 841 g/mol. The number of benzene rings is 7. The van der Waals surface area contributed by atoms with Gasteiger partial charge in [-0.1, -0.05) is 77.9 Å². The van der Waals surface area contributed by atoms with Crippen molar-refractivity contribution >= 4 is 69.3 Å². The van der Waals surface area contributed by atoms with Crippen LogP contribution < -0.4 is 77.6 Å². The van der Waals surface area contributed by atoms with E-state index in [1.54, 1.807) is 36.4 Å². The first-order chi connectivity index (χ1) is 31.3. The van der Waals surface area contributed by atoms with Crippen LogP contribution in [0, 0.1) is 34.0 Å². The van der Waals surface area contributed by atoms with Crippen LogP contribution in [0.3, 0.4) is 0 Å². The topological polar surface area (TPSA) is 127 Å². The van der Waals surface area contributed by atoms with Crippen LogP contribution in [0.15, 0.2) is 97.1 Å². The molecule has 13 rings (SSSR count). The first-order valence-corrected chi connectivity index (χ1v) is 21.7. The van der Waals surface area contributed by atoms with Gasteiger partial charge >= 0.3 is 0 Å². The second-order valence-corrected chi connectivity index (χ2v) is 19.8. The molecule has 6 aliphatic rings. The number of nitrogens with zero attached hydrogens (tertiary/aromatic N) is 3. The zero-order valence-electron chi connectivity index (χ0n) is 36.3. The van der Waals surface area contributed by atoms with Crippen molar-refractivity contribution in [1.82, 2.24) is 0 Å². The smallest absolute Gasteiger partial charge is 0.260 e. The van der Waals surface area contributed by atoms with Crippen molar-refractivity contribution in [2.75, 3.05) is 0 Å². The molecule has 0 aliphatic carbocycles. The zero-order chi connectivity index (χ0) is 44.4. The number of hydrogen-bond donors (Lipinski definition) is 0. The summed E-state index contributed by atoms with van der Waals surface area (Å²) < 4.78 is 40.3.